The van der Waals surface area contributed by atoms with Crippen molar-refractivity contribution in [2.24, 2.45) is 5.92 Å². The van der Waals surface area contributed by atoms with E-state index in [4.69, 9.17) is 0 Å². The maximum Gasteiger partial charge on any atom is 0.0597 e. The van der Waals surface area contributed by atoms with Crippen molar-refractivity contribution in [3.05, 3.63) is 17.5 Å². The van der Waals surface area contributed by atoms with Gasteiger partial charge >= 0.3 is 0 Å². The van der Waals surface area contributed by atoms with E-state index in [2.05, 4.69) is 55.9 Å². The van der Waals surface area contributed by atoms with E-state index in [1.54, 1.807) is 0 Å². The van der Waals surface area contributed by atoms with E-state index in [9.17, 15) is 0 Å². The highest BCUT2D eigenvalue weighted by molar-refractivity contribution is 5.13. The van der Waals surface area contributed by atoms with Crippen molar-refractivity contribution in [2.75, 3.05) is 7.05 Å². The fourth-order valence-electron chi connectivity index (χ4n) is 2.44. The zero-order chi connectivity index (χ0) is 12.8. The number of nitrogens with zero attached hydrogens (tertiary/aromatic N) is 2. The molecule has 17 heavy (non-hydrogen) atoms. The lowest BCUT2D eigenvalue weighted by Crippen LogP contribution is -2.22. The Bertz CT molecular complexity index is 326. The summed E-state index contributed by atoms with van der Waals surface area (Å²) in [6.45, 7) is 9.73. The van der Waals surface area contributed by atoms with E-state index in [0.29, 0.717) is 6.04 Å². The fraction of sp³-hybridized carbons (Fsp3) is 0.786. The Hall–Kier alpha value is -0.830. The average molecular weight is 237 g/mol. The summed E-state index contributed by atoms with van der Waals surface area (Å²) in [5.74, 6) is 0.799. The van der Waals surface area contributed by atoms with Gasteiger partial charge in [0.25, 0.3) is 0 Å². The Morgan fingerprint density at radius 2 is 1.94 bits per heavy atom. The molecule has 0 spiro atoms. The van der Waals surface area contributed by atoms with Gasteiger partial charge in [0.1, 0.15) is 0 Å². The summed E-state index contributed by atoms with van der Waals surface area (Å²) in [5.41, 5.74) is 2.45. The van der Waals surface area contributed by atoms with Gasteiger partial charge in [-0.05, 0) is 39.3 Å². The highest BCUT2D eigenvalue weighted by Crippen LogP contribution is 2.25. The molecule has 98 valence electrons. The van der Waals surface area contributed by atoms with Gasteiger partial charge in [0.05, 0.1) is 11.4 Å². The summed E-state index contributed by atoms with van der Waals surface area (Å²) >= 11 is 0. The molecule has 0 aliphatic carbocycles. The molecule has 0 fully saturated rings. The van der Waals surface area contributed by atoms with Crippen molar-refractivity contribution in [1.29, 1.82) is 0 Å². The first-order valence-corrected chi connectivity index (χ1v) is 6.87. The highest BCUT2D eigenvalue weighted by atomic mass is 15.3. The van der Waals surface area contributed by atoms with Crippen molar-refractivity contribution in [1.82, 2.24) is 15.1 Å². The zero-order valence-corrected chi connectivity index (χ0v) is 12.0. The molecule has 1 rings (SSSR count). The lowest BCUT2D eigenvalue weighted by molar-refractivity contribution is 0.370. The molecular formula is C14H27N3. The van der Waals surface area contributed by atoms with E-state index in [0.717, 1.165) is 18.2 Å². The van der Waals surface area contributed by atoms with Crippen LogP contribution in [0.25, 0.3) is 0 Å². The van der Waals surface area contributed by atoms with Crippen molar-refractivity contribution >= 4 is 0 Å². The van der Waals surface area contributed by atoms with Gasteiger partial charge in [-0.3, -0.25) is 4.68 Å². The van der Waals surface area contributed by atoms with Crippen molar-refractivity contribution in [3.8, 4) is 0 Å². The second kappa shape index (κ2) is 6.80. The molecule has 1 heterocycles. The van der Waals surface area contributed by atoms with Crippen LogP contribution >= 0.6 is 0 Å². The van der Waals surface area contributed by atoms with Crippen molar-refractivity contribution < 1.29 is 0 Å². The van der Waals surface area contributed by atoms with Crippen LogP contribution in [0.2, 0.25) is 0 Å². The summed E-state index contributed by atoms with van der Waals surface area (Å²) in [7, 11) is 2.05. The summed E-state index contributed by atoms with van der Waals surface area (Å²) in [4.78, 5) is 0. The van der Waals surface area contributed by atoms with Crippen LogP contribution in [-0.4, -0.2) is 16.8 Å². The SMILES string of the molecule is CCC(CC)CC(NC)c1cc(C)nn1CC. The predicted octanol–water partition coefficient (Wildman–Crippen LogP) is 3.30. The fourth-order valence-corrected chi connectivity index (χ4v) is 2.44. The zero-order valence-electron chi connectivity index (χ0n) is 12.0. The molecule has 0 amide bonds. The van der Waals surface area contributed by atoms with Crippen LogP contribution in [0.5, 0.6) is 0 Å². The molecule has 1 atom stereocenters. The van der Waals surface area contributed by atoms with Gasteiger partial charge in [-0.2, -0.15) is 5.10 Å². The largest absolute Gasteiger partial charge is 0.312 e. The van der Waals surface area contributed by atoms with Crippen molar-refractivity contribution in [3.63, 3.8) is 0 Å². The smallest absolute Gasteiger partial charge is 0.0597 e. The van der Waals surface area contributed by atoms with Gasteiger partial charge in [-0.15, -0.1) is 0 Å². The van der Waals surface area contributed by atoms with Crippen LogP contribution in [0.3, 0.4) is 0 Å². The van der Waals surface area contributed by atoms with Crippen molar-refractivity contribution in [2.45, 2.75) is 59.5 Å². The summed E-state index contributed by atoms with van der Waals surface area (Å²) in [6.07, 6.45) is 3.72. The molecule has 1 aromatic rings. The Kier molecular flexibility index (Phi) is 5.69. The van der Waals surface area contributed by atoms with Gasteiger partial charge in [-0.1, -0.05) is 26.7 Å². The van der Waals surface area contributed by atoms with Gasteiger partial charge in [0.2, 0.25) is 0 Å². The van der Waals surface area contributed by atoms with E-state index in [1.807, 2.05) is 0 Å². The summed E-state index contributed by atoms with van der Waals surface area (Å²) in [6, 6.07) is 2.65. The number of nitrogens with one attached hydrogen (secondary N) is 1. The molecule has 0 bridgehead atoms. The van der Waals surface area contributed by atoms with Crippen LogP contribution < -0.4 is 5.32 Å². The lowest BCUT2D eigenvalue weighted by Gasteiger charge is -2.22. The maximum atomic E-state index is 4.53. The third kappa shape index (κ3) is 3.56. The standard InChI is InChI=1S/C14H27N3/c1-6-12(7-2)10-13(15-5)14-9-11(4)16-17(14)8-3/h9,12-13,15H,6-8,10H2,1-5H3. The topological polar surface area (TPSA) is 29.9 Å². The van der Waals surface area contributed by atoms with Gasteiger partial charge in [-0.25, -0.2) is 0 Å². The molecule has 0 aliphatic heterocycles. The minimum Gasteiger partial charge on any atom is -0.312 e. The minimum absolute atomic E-state index is 0.432. The quantitative estimate of drug-likeness (QED) is 0.788. The first-order valence-electron chi connectivity index (χ1n) is 6.87. The van der Waals surface area contributed by atoms with Gasteiger partial charge in [0.15, 0.2) is 0 Å². The maximum absolute atomic E-state index is 4.53. The molecule has 0 aromatic carbocycles. The van der Waals surface area contributed by atoms with E-state index in [-0.39, 0.29) is 0 Å². The molecule has 0 saturated heterocycles. The van der Waals surface area contributed by atoms with Crippen LogP contribution in [0.1, 0.15) is 57.5 Å². The molecule has 1 N–H and O–H groups in total. The molecule has 0 saturated carbocycles. The normalized spacial score (nSPS) is 13.3. The first-order chi connectivity index (χ1) is 8.15. The molecule has 3 nitrogen and oxygen atoms in total. The highest BCUT2D eigenvalue weighted by Gasteiger charge is 2.18. The number of hydrogen-bond acceptors (Lipinski definition) is 2. The second-order valence-corrected chi connectivity index (χ2v) is 4.79. The minimum atomic E-state index is 0.432. The van der Waals surface area contributed by atoms with E-state index >= 15 is 0 Å². The summed E-state index contributed by atoms with van der Waals surface area (Å²) < 4.78 is 2.12. The third-order valence-electron chi connectivity index (χ3n) is 3.66. The second-order valence-electron chi connectivity index (χ2n) is 4.79. The number of hydrogen-bond donors (Lipinski definition) is 1. The Labute approximate surface area is 106 Å². The molecule has 0 radical (unpaired) electrons. The monoisotopic (exact) mass is 237 g/mol. The number of aryl methyl sites for hydroxylation is 2. The van der Waals surface area contributed by atoms with Crippen LogP contribution in [0, 0.1) is 12.8 Å². The first kappa shape index (κ1) is 14.2. The number of aromatic nitrogens is 2. The molecule has 1 aromatic heterocycles. The van der Waals surface area contributed by atoms with Crippen LogP contribution in [-0.2, 0) is 6.54 Å². The Morgan fingerprint density at radius 1 is 1.29 bits per heavy atom. The van der Waals surface area contributed by atoms with Crippen LogP contribution in [0.15, 0.2) is 6.07 Å². The number of rotatable bonds is 7. The van der Waals surface area contributed by atoms with Crippen LogP contribution in [0.4, 0.5) is 0 Å². The Balaban J connectivity index is 2.84. The summed E-state index contributed by atoms with van der Waals surface area (Å²) in [5, 5.41) is 7.98. The molecule has 3 heteroatoms. The molecule has 0 aliphatic rings. The lowest BCUT2D eigenvalue weighted by atomic mass is 9.93. The Morgan fingerprint density at radius 3 is 2.41 bits per heavy atom. The third-order valence-corrected chi connectivity index (χ3v) is 3.66. The van der Waals surface area contributed by atoms with E-state index < -0.39 is 0 Å². The van der Waals surface area contributed by atoms with E-state index in [1.165, 1.54) is 25.0 Å². The van der Waals surface area contributed by atoms with Gasteiger partial charge < -0.3 is 5.32 Å². The molecule has 1 unspecified atom stereocenters. The average Bonchev–Trinajstić information content (AvgIpc) is 2.72. The predicted molar refractivity (Wildman–Crippen MR) is 73.1 cm³/mol. The van der Waals surface area contributed by atoms with Gasteiger partial charge in [0, 0.05) is 12.6 Å². The molecular weight excluding hydrogens is 210 g/mol.